The molecular formula is C14H16N4. The van der Waals surface area contributed by atoms with E-state index in [0.29, 0.717) is 0 Å². The van der Waals surface area contributed by atoms with E-state index in [-0.39, 0.29) is 0 Å². The molecule has 4 heteroatoms. The minimum Gasteiger partial charge on any atom is -0.378 e. The topological polar surface area (TPSA) is 45.6 Å². The molecule has 0 aliphatic heterocycles. The van der Waals surface area contributed by atoms with Crippen molar-refractivity contribution in [1.29, 1.82) is 0 Å². The summed E-state index contributed by atoms with van der Waals surface area (Å²) in [6, 6.07) is 10.4. The molecule has 0 saturated carbocycles. The number of hydrogen-bond acceptors (Lipinski definition) is 2. The van der Waals surface area contributed by atoms with Crippen molar-refractivity contribution in [3.63, 3.8) is 0 Å². The van der Waals surface area contributed by atoms with Gasteiger partial charge in [-0.2, -0.15) is 5.10 Å². The normalized spacial score (nSPS) is 10.9. The zero-order valence-electron chi connectivity index (χ0n) is 10.4. The highest BCUT2D eigenvalue weighted by Gasteiger charge is 2.03. The SMILES string of the molecule is CCn1cccc1CNc1cccc2cn[nH]c12. The highest BCUT2D eigenvalue weighted by atomic mass is 15.1. The number of anilines is 1. The molecule has 4 nitrogen and oxygen atoms in total. The van der Waals surface area contributed by atoms with E-state index < -0.39 is 0 Å². The fourth-order valence-electron chi connectivity index (χ4n) is 2.22. The van der Waals surface area contributed by atoms with E-state index in [2.05, 4.69) is 57.5 Å². The molecule has 92 valence electrons. The number of H-pyrrole nitrogens is 1. The number of nitrogens with zero attached hydrogens (tertiary/aromatic N) is 2. The quantitative estimate of drug-likeness (QED) is 0.736. The first-order valence-electron chi connectivity index (χ1n) is 6.18. The summed E-state index contributed by atoms with van der Waals surface area (Å²) in [6.07, 6.45) is 3.95. The summed E-state index contributed by atoms with van der Waals surface area (Å²) in [5.41, 5.74) is 3.44. The summed E-state index contributed by atoms with van der Waals surface area (Å²) in [4.78, 5) is 0. The Morgan fingerprint density at radius 2 is 2.22 bits per heavy atom. The van der Waals surface area contributed by atoms with Crippen LogP contribution in [0.25, 0.3) is 10.9 Å². The smallest absolute Gasteiger partial charge is 0.0881 e. The van der Waals surface area contributed by atoms with Crippen molar-refractivity contribution < 1.29 is 0 Å². The second-order valence-electron chi connectivity index (χ2n) is 4.28. The molecule has 3 aromatic rings. The number of para-hydroxylation sites is 1. The van der Waals surface area contributed by atoms with Crippen molar-refractivity contribution in [2.24, 2.45) is 0 Å². The van der Waals surface area contributed by atoms with E-state index >= 15 is 0 Å². The molecule has 0 amide bonds. The van der Waals surface area contributed by atoms with Crippen LogP contribution >= 0.6 is 0 Å². The van der Waals surface area contributed by atoms with E-state index in [4.69, 9.17) is 0 Å². The van der Waals surface area contributed by atoms with Gasteiger partial charge in [-0.1, -0.05) is 12.1 Å². The molecule has 18 heavy (non-hydrogen) atoms. The van der Waals surface area contributed by atoms with Gasteiger partial charge in [-0.15, -0.1) is 0 Å². The molecular weight excluding hydrogens is 224 g/mol. The maximum absolute atomic E-state index is 4.07. The lowest BCUT2D eigenvalue weighted by atomic mass is 10.2. The van der Waals surface area contributed by atoms with Crippen LogP contribution in [0.2, 0.25) is 0 Å². The Bertz CT molecular complexity index is 650. The Balaban J connectivity index is 1.83. The minimum atomic E-state index is 0.818. The van der Waals surface area contributed by atoms with Gasteiger partial charge >= 0.3 is 0 Å². The molecule has 0 spiro atoms. The monoisotopic (exact) mass is 240 g/mol. The zero-order chi connectivity index (χ0) is 12.4. The van der Waals surface area contributed by atoms with Crippen LogP contribution < -0.4 is 5.32 Å². The fraction of sp³-hybridized carbons (Fsp3) is 0.214. The third kappa shape index (κ3) is 1.86. The van der Waals surface area contributed by atoms with E-state index in [1.54, 1.807) is 0 Å². The van der Waals surface area contributed by atoms with Crippen LogP contribution in [-0.4, -0.2) is 14.8 Å². The lowest BCUT2D eigenvalue weighted by Gasteiger charge is -2.09. The highest BCUT2D eigenvalue weighted by molar-refractivity contribution is 5.89. The maximum Gasteiger partial charge on any atom is 0.0881 e. The Hall–Kier alpha value is -2.23. The Morgan fingerprint density at radius 3 is 3.11 bits per heavy atom. The van der Waals surface area contributed by atoms with E-state index in [1.807, 2.05) is 12.3 Å². The van der Waals surface area contributed by atoms with Gasteiger partial charge in [-0.05, 0) is 25.1 Å². The third-order valence-corrected chi connectivity index (χ3v) is 3.20. The van der Waals surface area contributed by atoms with Crippen LogP contribution in [0.1, 0.15) is 12.6 Å². The van der Waals surface area contributed by atoms with E-state index in [1.165, 1.54) is 5.69 Å². The predicted molar refractivity (Wildman–Crippen MR) is 73.5 cm³/mol. The lowest BCUT2D eigenvalue weighted by Crippen LogP contribution is -2.06. The maximum atomic E-state index is 4.07. The van der Waals surface area contributed by atoms with Gasteiger partial charge in [-0.25, -0.2) is 0 Å². The number of hydrogen-bond donors (Lipinski definition) is 2. The Kier molecular flexibility index (Phi) is 2.76. The highest BCUT2D eigenvalue weighted by Crippen LogP contribution is 2.21. The van der Waals surface area contributed by atoms with Crippen LogP contribution in [0.5, 0.6) is 0 Å². The summed E-state index contributed by atoms with van der Waals surface area (Å²) < 4.78 is 2.24. The largest absolute Gasteiger partial charge is 0.378 e. The zero-order valence-corrected chi connectivity index (χ0v) is 10.4. The predicted octanol–water partition coefficient (Wildman–Crippen LogP) is 3.00. The van der Waals surface area contributed by atoms with Crippen molar-refractivity contribution >= 4 is 16.6 Å². The van der Waals surface area contributed by atoms with Crippen molar-refractivity contribution in [2.75, 3.05) is 5.32 Å². The van der Waals surface area contributed by atoms with Crippen molar-refractivity contribution in [2.45, 2.75) is 20.0 Å². The molecule has 2 N–H and O–H groups in total. The van der Waals surface area contributed by atoms with Crippen LogP contribution in [0.15, 0.2) is 42.7 Å². The van der Waals surface area contributed by atoms with Crippen LogP contribution in [0.3, 0.4) is 0 Å². The standard InChI is InChI=1S/C14H16N4/c1-2-18-8-4-6-12(18)10-15-13-7-3-5-11-9-16-17-14(11)13/h3-9,15H,2,10H2,1H3,(H,16,17). The first-order valence-corrected chi connectivity index (χ1v) is 6.18. The van der Waals surface area contributed by atoms with Gasteiger partial charge in [-0.3, -0.25) is 5.10 Å². The molecule has 0 atom stereocenters. The van der Waals surface area contributed by atoms with E-state index in [9.17, 15) is 0 Å². The molecule has 0 aliphatic carbocycles. The molecule has 2 heterocycles. The van der Waals surface area contributed by atoms with Crippen LogP contribution in [0.4, 0.5) is 5.69 Å². The van der Waals surface area contributed by atoms with Gasteiger partial charge in [0.1, 0.15) is 0 Å². The van der Waals surface area contributed by atoms with Crippen LogP contribution in [0, 0.1) is 0 Å². The van der Waals surface area contributed by atoms with Gasteiger partial charge in [0.05, 0.1) is 23.9 Å². The average Bonchev–Trinajstić information content (AvgIpc) is 3.04. The van der Waals surface area contributed by atoms with Crippen molar-refractivity contribution in [3.8, 4) is 0 Å². The molecule has 0 unspecified atom stereocenters. The molecule has 0 saturated heterocycles. The molecule has 0 aliphatic rings. The van der Waals surface area contributed by atoms with Gasteiger partial charge in [0, 0.05) is 23.8 Å². The molecule has 3 rings (SSSR count). The summed E-state index contributed by atoms with van der Waals surface area (Å²) in [7, 11) is 0. The van der Waals surface area contributed by atoms with Crippen LogP contribution in [-0.2, 0) is 13.1 Å². The number of rotatable bonds is 4. The van der Waals surface area contributed by atoms with Crippen molar-refractivity contribution in [3.05, 3.63) is 48.4 Å². The van der Waals surface area contributed by atoms with Gasteiger partial charge in [0.2, 0.25) is 0 Å². The molecule has 2 aromatic heterocycles. The number of aryl methyl sites for hydroxylation is 1. The Morgan fingerprint density at radius 1 is 1.28 bits per heavy atom. The Labute approximate surface area is 106 Å². The molecule has 0 radical (unpaired) electrons. The number of aromatic amines is 1. The second kappa shape index (κ2) is 4.56. The average molecular weight is 240 g/mol. The summed E-state index contributed by atoms with van der Waals surface area (Å²) in [6.45, 7) is 3.97. The van der Waals surface area contributed by atoms with E-state index in [0.717, 1.165) is 29.7 Å². The number of benzene rings is 1. The second-order valence-corrected chi connectivity index (χ2v) is 4.28. The van der Waals surface area contributed by atoms with Gasteiger partial charge in [0.15, 0.2) is 0 Å². The first kappa shape index (κ1) is 10.9. The summed E-state index contributed by atoms with van der Waals surface area (Å²) in [5, 5.41) is 11.7. The first-order chi connectivity index (χ1) is 8.88. The number of nitrogens with one attached hydrogen (secondary N) is 2. The van der Waals surface area contributed by atoms with Gasteiger partial charge in [0.25, 0.3) is 0 Å². The number of aromatic nitrogens is 3. The molecule has 1 aromatic carbocycles. The summed E-state index contributed by atoms with van der Waals surface area (Å²) in [5.74, 6) is 0. The molecule has 0 fully saturated rings. The van der Waals surface area contributed by atoms with Crippen molar-refractivity contribution in [1.82, 2.24) is 14.8 Å². The molecule has 0 bridgehead atoms. The third-order valence-electron chi connectivity index (χ3n) is 3.20. The number of fused-ring (bicyclic) bond motifs is 1. The lowest BCUT2D eigenvalue weighted by molar-refractivity contribution is 0.724. The summed E-state index contributed by atoms with van der Waals surface area (Å²) >= 11 is 0. The minimum absolute atomic E-state index is 0.818. The van der Waals surface area contributed by atoms with Gasteiger partial charge < -0.3 is 9.88 Å². The fourth-order valence-corrected chi connectivity index (χ4v) is 2.22.